The van der Waals surface area contributed by atoms with Crippen LogP contribution in [0.15, 0.2) is 90.0 Å². The maximum atomic E-state index is 12.8. The largest absolute Gasteiger partial charge is 0.478 e. The predicted molar refractivity (Wildman–Crippen MR) is 123 cm³/mol. The molecular weight excluding hydrogens is 404 g/mol. The van der Waals surface area contributed by atoms with Crippen molar-refractivity contribution in [3.63, 3.8) is 0 Å². The molecule has 3 atom stereocenters. The van der Waals surface area contributed by atoms with E-state index in [-0.39, 0.29) is 29.3 Å². The molecule has 32 heavy (non-hydrogen) atoms. The van der Waals surface area contributed by atoms with Crippen LogP contribution >= 0.6 is 0 Å². The zero-order valence-corrected chi connectivity index (χ0v) is 17.6. The van der Waals surface area contributed by atoms with Gasteiger partial charge in [-0.2, -0.15) is 5.10 Å². The predicted octanol–water partition coefficient (Wildman–Crippen LogP) is 4.79. The van der Waals surface area contributed by atoms with Crippen LogP contribution in [0.3, 0.4) is 0 Å². The van der Waals surface area contributed by atoms with Crippen molar-refractivity contribution in [1.82, 2.24) is 0 Å². The molecule has 3 unspecified atom stereocenters. The summed E-state index contributed by atoms with van der Waals surface area (Å²) in [4.78, 5) is 23.9. The van der Waals surface area contributed by atoms with Gasteiger partial charge in [0.1, 0.15) is 0 Å². The van der Waals surface area contributed by atoms with Gasteiger partial charge < -0.3 is 9.84 Å². The maximum absolute atomic E-state index is 12.8. The fraction of sp³-hybridized carbons (Fsp3) is 0.192. The number of carboxylic acid groups (broad SMARTS) is 1. The van der Waals surface area contributed by atoms with E-state index in [1.54, 1.807) is 19.1 Å². The van der Waals surface area contributed by atoms with Gasteiger partial charge in [-0.1, -0.05) is 60.7 Å². The average Bonchev–Trinajstić information content (AvgIpc) is 3.56. The van der Waals surface area contributed by atoms with Crippen LogP contribution in [0.25, 0.3) is 0 Å². The van der Waals surface area contributed by atoms with Crippen LogP contribution in [-0.2, 0) is 9.53 Å². The van der Waals surface area contributed by atoms with Crippen molar-refractivity contribution in [1.29, 1.82) is 0 Å². The number of esters is 1. The minimum Gasteiger partial charge on any atom is -0.478 e. The van der Waals surface area contributed by atoms with Crippen LogP contribution in [0.5, 0.6) is 0 Å². The van der Waals surface area contributed by atoms with Crippen LogP contribution in [0, 0.1) is 11.8 Å². The lowest BCUT2D eigenvalue weighted by Crippen LogP contribution is -2.14. The Morgan fingerprint density at radius 3 is 2.09 bits per heavy atom. The molecule has 3 aromatic carbocycles. The van der Waals surface area contributed by atoms with E-state index >= 15 is 0 Å². The van der Waals surface area contributed by atoms with Crippen molar-refractivity contribution >= 4 is 23.3 Å². The van der Waals surface area contributed by atoms with Crippen LogP contribution < -0.4 is 5.43 Å². The standard InChI is InChI=1S/C26H24N2O4/c1-2-32-26(31)23-21(17-9-5-3-6-10-17)22(23)24(18-11-7-4-8-12-18)28-27-20-15-13-19(14-16-20)25(29)30/h3-16,21-23,27H,2H2,1H3,(H,29,30)/b28-24-. The van der Waals surface area contributed by atoms with Gasteiger partial charge in [-0.15, -0.1) is 0 Å². The highest BCUT2D eigenvalue weighted by atomic mass is 16.5. The summed E-state index contributed by atoms with van der Waals surface area (Å²) in [5, 5.41) is 13.8. The number of anilines is 1. The number of benzene rings is 3. The summed E-state index contributed by atoms with van der Waals surface area (Å²) in [5.74, 6) is -1.67. The van der Waals surface area contributed by atoms with E-state index in [2.05, 4.69) is 10.5 Å². The second kappa shape index (κ2) is 9.47. The third-order valence-electron chi connectivity index (χ3n) is 5.59. The van der Waals surface area contributed by atoms with E-state index < -0.39 is 5.97 Å². The highest BCUT2D eigenvalue weighted by Gasteiger charge is 2.59. The molecule has 1 aliphatic carbocycles. The molecule has 0 aromatic heterocycles. The lowest BCUT2D eigenvalue weighted by molar-refractivity contribution is -0.144. The molecule has 6 nitrogen and oxygen atoms in total. The Balaban J connectivity index is 1.68. The molecule has 162 valence electrons. The molecule has 0 saturated heterocycles. The molecule has 0 amide bonds. The topological polar surface area (TPSA) is 88.0 Å². The van der Waals surface area contributed by atoms with Crippen molar-refractivity contribution in [2.24, 2.45) is 16.9 Å². The minimum absolute atomic E-state index is 0.0228. The third kappa shape index (κ3) is 4.54. The Bertz CT molecular complexity index is 1110. The first-order valence-electron chi connectivity index (χ1n) is 10.5. The van der Waals surface area contributed by atoms with Crippen LogP contribution in [-0.4, -0.2) is 29.4 Å². The number of hydrogen-bond donors (Lipinski definition) is 2. The van der Waals surface area contributed by atoms with Gasteiger partial charge in [0.15, 0.2) is 0 Å². The first-order valence-corrected chi connectivity index (χ1v) is 10.5. The molecule has 3 aromatic rings. The fourth-order valence-corrected chi connectivity index (χ4v) is 4.03. The van der Waals surface area contributed by atoms with Gasteiger partial charge in [0.2, 0.25) is 0 Å². The first kappa shape index (κ1) is 21.3. The van der Waals surface area contributed by atoms with Crippen molar-refractivity contribution in [3.8, 4) is 0 Å². The molecule has 0 radical (unpaired) electrons. The monoisotopic (exact) mass is 428 g/mol. The van der Waals surface area contributed by atoms with Crippen LogP contribution in [0.4, 0.5) is 5.69 Å². The molecule has 1 saturated carbocycles. The fourth-order valence-electron chi connectivity index (χ4n) is 4.03. The molecule has 0 spiro atoms. The Morgan fingerprint density at radius 2 is 1.50 bits per heavy atom. The average molecular weight is 428 g/mol. The summed E-state index contributed by atoms with van der Waals surface area (Å²) in [6, 6.07) is 26.1. The second-order valence-electron chi connectivity index (χ2n) is 7.60. The van der Waals surface area contributed by atoms with Gasteiger partial charge in [-0.3, -0.25) is 10.2 Å². The highest BCUT2D eigenvalue weighted by molar-refractivity contribution is 6.08. The van der Waals surface area contributed by atoms with E-state index in [9.17, 15) is 9.59 Å². The molecule has 0 heterocycles. The Labute approximate surface area is 186 Å². The van der Waals surface area contributed by atoms with E-state index in [1.165, 1.54) is 12.1 Å². The molecule has 4 rings (SSSR count). The Morgan fingerprint density at radius 1 is 0.875 bits per heavy atom. The molecule has 1 fully saturated rings. The third-order valence-corrected chi connectivity index (χ3v) is 5.59. The number of nitrogens with one attached hydrogen (secondary N) is 1. The lowest BCUT2D eigenvalue weighted by atomic mass is 10.0. The molecule has 6 heteroatoms. The number of carboxylic acids is 1. The van der Waals surface area contributed by atoms with Gasteiger partial charge in [0.05, 0.1) is 29.5 Å². The summed E-state index contributed by atoms with van der Waals surface area (Å²) in [6.07, 6.45) is 0. The molecule has 0 bridgehead atoms. The number of ether oxygens (including phenoxy) is 1. The number of aromatic carboxylic acids is 1. The number of carbonyl (C=O) groups excluding carboxylic acids is 1. The first-order chi connectivity index (χ1) is 15.6. The number of rotatable bonds is 8. The molecular formula is C26H24N2O4. The summed E-state index contributed by atoms with van der Waals surface area (Å²) >= 11 is 0. The molecule has 1 aliphatic rings. The van der Waals surface area contributed by atoms with Gasteiger partial charge in [-0.05, 0) is 42.3 Å². The van der Waals surface area contributed by atoms with E-state index in [0.29, 0.717) is 12.3 Å². The number of carbonyl (C=O) groups is 2. The molecule has 2 N–H and O–H groups in total. The Hall–Kier alpha value is -3.93. The van der Waals surface area contributed by atoms with Crippen molar-refractivity contribution in [2.45, 2.75) is 12.8 Å². The smallest absolute Gasteiger partial charge is 0.335 e. The normalized spacial score (nSPS) is 19.8. The van der Waals surface area contributed by atoms with Crippen LogP contribution in [0.1, 0.15) is 34.3 Å². The van der Waals surface area contributed by atoms with Gasteiger partial charge in [-0.25, -0.2) is 4.79 Å². The minimum atomic E-state index is -0.981. The van der Waals surface area contributed by atoms with E-state index in [0.717, 1.165) is 16.8 Å². The number of hydrazone groups is 1. The number of nitrogens with zero attached hydrogens (tertiary/aromatic N) is 1. The van der Waals surface area contributed by atoms with Crippen LogP contribution in [0.2, 0.25) is 0 Å². The summed E-state index contributed by atoms with van der Waals surface area (Å²) < 4.78 is 5.36. The van der Waals surface area contributed by atoms with E-state index in [1.807, 2.05) is 60.7 Å². The van der Waals surface area contributed by atoms with Gasteiger partial charge in [0, 0.05) is 11.8 Å². The highest BCUT2D eigenvalue weighted by Crippen LogP contribution is 2.56. The summed E-state index contributed by atoms with van der Waals surface area (Å²) in [5.41, 5.74) is 6.66. The molecule has 0 aliphatic heterocycles. The van der Waals surface area contributed by atoms with Crippen molar-refractivity contribution < 1.29 is 19.4 Å². The SMILES string of the molecule is CCOC(=O)C1C(/C(=N\Nc2ccc(C(=O)O)cc2)c2ccccc2)C1c1ccccc1. The zero-order valence-electron chi connectivity index (χ0n) is 17.6. The summed E-state index contributed by atoms with van der Waals surface area (Å²) in [6.45, 7) is 2.14. The number of hydrogen-bond acceptors (Lipinski definition) is 5. The Kier molecular flexibility index (Phi) is 6.31. The zero-order chi connectivity index (χ0) is 22.5. The van der Waals surface area contributed by atoms with Crippen molar-refractivity contribution in [3.05, 3.63) is 102 Å². The summed E-state index contributed by atoms with van der Waals surface area (Å²) in [7, 11) is 0. The second-order valence-corrected chi connectivity index (χ2v) is 7.60. The van der Waals surface area contributed by atoms with Gasteiger partial charge in [0.25, 0.3) is 0 Å². The lowest BCUT2D eigenvalue weighted by Gasteiger charge is -2.09. The quantitative estimate of drug-likeness (QED) is 0.306. The van der Waals surface area contributed by atoms with E-state index in [4.69, 9.17) is 9.84 Å². The van der Waals surface area contributed by atoms with Gasteiger partial charge >= 0.3 is 11.9 Å². The van der Waals surface area contributed by atoms with Crippen molar-refractivity contribution in [2.75, 3.05) is 12.0 Å². The maximum Gasteiger partial charge on any atom is 0.335 e.